The fourth-order valence-electron chi connectivity index (χ4n) is 5.75. The van der Waals surface area contributed by atoms with Crippen molar-refractivity contribution in [1.82, 2.24) is 19.8 Å². The molecule has 2 bridgehead atoms. The average molecular weight is 577 g/mol. The van der Waals surface area contributed by atoms with E-state index in [1.165, 1.54) is 0 Å². The average Bonchev–Trinajstić information content (AvgIpc) is 3.51. The zero-order chi connectivity index (χ0) is 29.9. The largest absolute Gasteiger partial charge is 0.491 e. The van der Waals surface area contributed by atoms with Gasteiger partial charge in [0.15, 0.2) is 0 Å². The SMILES string of the molecule is Cc1noc(C)c1-c1ccc2c(c1)Cc1cccc(c1)CN(C(=O)c1c(-c3ccccc3)nn(C)c1C)CCOCCO2. The third-order valence-corrected chi connectivity index (χ3v) is 8.02. The number of amides is 1. The molecule has 0 spiro atoms. The number of benzene rings is 3. The van der Waals surface area contributed by atoms with Crippen LogP contribution in [0.2, 0.25) is 0 Å². The van der Waals surface area contributed by atoms with E-state index in [4.69, 9.17) is 19.1 Å². The van der Waals surface area contributed by atoms with Gasteiger partial charge in [0, 0.05) is 43.4 Å². The van der Waals surface area contributed by atoms with Gasteiger partial charge >= 0.3 is 0 Å². The molecule has 1 aliphatic heterocycles. The summed E-state index contributed by atoms with van der Waals surface area (Å²) >= 11 is 0. The summed E-state index contributed by atoms with van der Waals surface area (Å²) in [5.74, 6) is 1.56. The van der Waals surface area contributed by atoms with Gasteiger partial charge in [-0.25, -0.2) is 0 Å². The van der Waals surface area contributed by atoms with Crippen molar-refractivity contribution < 1.29 is 18.8 Å². The van der Waals surface area contributed by atoms with E-state index in [9.17, 15) is 4.79 Å². The van der Waals surface area contributed by atoms with Crippen LogP contribution in [0.15, 0.2) is 77.3 Å². The van der Waals surface area contributed by atoms with Crippen molar-refractivity contribution in [2.24, 2.45) is 7.05 Å². The number of fused-ring (bicyclic) bond motifs is 3. The molecule has 0 aliphatic carbocycles. The minimum absolute atomic E-state index is 0.0590. The van der Waals surface area contributed by atoms with Crippen LogP contribution in [0.3, 0.4) is 0 Å². The summed E-state index contributed by atoms with van der Waals surface area (Å²) in [5, 5.41) is 8.86. The summed E-state index contributed by atoms with van der Waals surface area (Å²) in [5.41, 5.74) is 9.24. The number of aromatic nitrogens is 3. The summed E-state index contributed by atoms with van der Waals surface area (Å²) in [7, 11) is 1.88. The molecule has 0 radical (unpaired) electrons. The van der Waals surface area contributed by atoms with E-state index < -0.39 is 0 Å². The Morgan fingerprint density at radius 1 is 0.860 bits per heavy atom. The van der Waals surface area contributed by atoms with Crippen molar-refractivity contribution in [3.63, 3.8) is 0 Å². The lowest BCUT2D eigenvalue weighted by molar-refractivity contribution is 0.0571. The molecule has 220 valence electrons. The summed E-state index contributed by atoms with van der Waals surface area (Å²) < 4.78 is 19.4. The molecule has 8 heteroatoms. The Bertz CT molecular complexity index is 1740. The second-order valence-electron chi connectivity index (χ2n) is 11.0. The highest BCUT2D eigenvalue weighted by Crippen LogP contribution is 2.33. The Morgan fingerprint density at radius 2 is 1.67 bits per heavy atom. The van der Waals surface area contributed by atoms with E-state index in [1.54, 1.807) is 4.68 Å². The Kier molecular flexibility index (Phi) is 8.11. The van der Waals surface area contributed by atoms with Gasteiger partial charge in [0.05, 0.1) is 24.5 Å². The Balaban J connectivity index is 1.33. The second-order valence-corrected chi connectivity index (χ2v) is 11.0. The van der Waals surface area contributed by atoms with Crippen LogP contribution in [0.25, 0.3) is 22.4 Å². The molecule has 43 heavy (non-hydrogen) atoms. The monoisotopic (exact) mass is 576 g/mol. The molecule has 8 nitrogen and oxygen atoms in total. The predicted molar refractivity (Wildman–Crippen MR) is 165 cm³/mol. The number of hydrogen-bond donors (Lipinski definition) is 0. The highest BCUT2D eigenvalue weighted by molar-refractivity contribution is 6.01. The predicted octanol–water partition coefficient (Wildman–Crippen LogP) is 6.31. The minimum atomic E-state index is -0.0590. The maximum absolute atomic E-state index is 14.2. The summed E-state index contributed by atoms with van der Waals surface area (Å²) in [6.45, 7) is 7.96. The highest BCUT2D eigenvalue weighted by Gasteiger charge is 2.26. The standard InChI is InChI=1S/C35H36N4O4/c1-23-32(25(3)43-37-23)29-13-14-31-30(21-29)20-26-9-8-10-27(19-26)22-39(15-16-41-17-18-42-31)35(40)33-24(2)38(4)36-34(33)28-11-6-5-7-12-28/h5-14,19,21H,15-18,20,22H2,1-4H3. The van der Waals surface area contributed by atoms with E-state index in [0.29, 0.717) is 50.6 Å². The van der Waals surface area contributed by atoms with Crippen LogP contribution in [0.1, 0.15) is 44.2 Å². The molecule has 0 fully saturated rings. The fourth-order valence-corrected chi connectivity index (χ4v) is 5.75. The first-order valence-corrected chi connectivity index (χ1v) is 14.6. The number of ether oxygens (including phenoxy) is 2. The molecule has 0 unspecified atom stereocenters. The van der Waals surface area contributed by atoms with Gasteiger partial charge in [-0.15, -0.1) is 0 Å². The fraction of sp³-hybridized carbons (Fsp3) is 0.286. The first kappa shape index (κ1) is 28.4. The number of carbonyl (C=O) groups excluding carboxylic acids is 1. The van der Waals surface area contributed by atoms with Crippen LogP contribution in [0.4, 0.5) is 0 Å². The lowest BCUT2D eigenvalue weighted by Gasteiger charge is -2.24. The van der Waals surface area contributed by atoms with Crippen molar-refractivity contribution >= 4 is 5.91 Å². The third-order valence-electron chi connectivity index (χ3n) is 8.02. The first-order chi connectivity index (χ1) is 20.9. The molecule has 0 atom stereocenters. The number of nitrogens with zero attached hydrogens (tertiary/aromatic N) is 4. The zero-order valence-electron chi connectivity index (χ0n) is 25.1. The van der Waals surface area contributed by atoms with E-state index in [1.807, 2.05) is 69.1 Å². The lowest BCUT2D eigenvalue weighted by atomic mass is 9.96. The van der Waals surface area contributed by atoms with E-state index in [0.717, 1.165) is 56.3 Å². The first-order valence-electron chi connectivity index (χ1n) is 14.6. The van der Waals surface area contributed by atoms with Crippen LogP contribution >= 0.6 is 0 Å². The van der Waals surface area contributed by atoms with Gasteiger partial charge in [0.2, 0.25) is 0 Å². The quantitative estimate of drug-likeness (QED) is 0.250. The van der Waals surface area contributed by atoms with Gasteiger partial charge in [0.25, 0.3) is 5.91 Å². The van der Waals surface area contributed by atoms with Gasteiger partial charge in [-0.2, -0.15) is 5.10 Å². The van der Waals surface area contributed by atoms with Gasteiger partial charge in [-0.05, 0) is 55.2 Å². The minimum Gasteiger partial charge on any atom is -0.491 e. The maximum Gasteiger partial charge on any atom is 0.258 e. The van der Waals surface area contributed by atoms with Crippen molar-refractivity contribution in [3.05, 3.63) is 112 Å². The molecular weight excluding hydrogens is 540 g/mol. The molecule has 1 amide bonds. The summed E-state index contributed by atoms with van der Waals surface area (Å²) in [4.78, 5) is 16.1. The van der Waals surface area contributed by atoms with E-state index in [2.05, 4.69) is 41.6 Å². The molecule has 0 N–H and O–H groups in total. The topological polar surface area (TPSA) is 82.6 Å². The highest BCUT2D eigenvalue weighted by atomic mass is 16.5. The zero-order valence-corrected chi connectivity index (χ0v) is 25.1. The normalized spacial score (nSPS) is 14.1. The molecule has 3 heterocycles. The number of hydrogen-bond acceptors (Lipinski definition) is 6. The lowest BCUT2D eigenvalue weighted by Crippen LogP contribution is -2.34. The van der Waals surface area contributed by atoms with Crippen molar-refractivity contribution in [2.75, 3.05) is 26.4 Å². The van der Waals surface area contributed by atoms with E-state index in [-0.39, 0.29) is 5.91 Å². The smallest absolute Gasteiger partial charge is 0.258 e. The van der Waals surface area contributed by atoms with Crippen LogP contribution < -0.4 is 4.74 Å². The van der Waals surface area contributed by atoms with Crippen LogP contribution in [0, 0.1) is 20.8 Å². The van der Waals surface area contributed by atoms with Crippen LogP contribution in [-0.2, 0) is 24.8 Å². The number of aryl methyl sites for hydroxylation is 3. The number of carbonyl (C=O) groups is 1. The van der Waals surface area contributed by atoms with Crippen molar-refractivity contribution in [1.29, 1.82) is 0 Å². The second kappa shape index (κ2) is 12.3. The third kappa shape index (κ3) is 5.96. The molecule has 6 rings (SSSR count). The molecule has 2 aromatic heterocycles. The molecule has 0 saturated heterocycles. The van der Waals surface area contributed by atoms with Gasteiger partial charge in [-0.3, -0.25) is 9.48 Å². The Hall–Kier alpha value is -4.69. The summed E-state index contributed by atoms with van der Waals surface area (Å²) in [6, 6.07) is 24.5. The molecule has 1 aliphatic rings. The van der Waals surface area contributed by atoms with Crippen molar-refractivity contribution in [3.8, 4) is 28.1 Å². The van der Waals surface area contributed by atoms with Crippen LogP contribution in [0.5, 0.6) is 5.75 Å². The van der Waals surface area contributed by atoms with Gasteiger partial charge in [0.1, 0.15) is 23.8 Å². The molecule has 5 aromatic rings. The number of rotatable bonds is 3. The van der Waals surface area contributed by atoms with Gasteiger partial charge < -0.3 is 18.9 Å². The van der Waals surface area contributed by atoms with E-state index >= 15 is 0 Å². The molecule has 0 saturated carbocycles. The maximum atomic E-state index is 14.2. The Morgan fingerprint density at radius 3 is 2.47 bits per heavy atom. The van der Waals surface area contributed by atoms with Gasteiger partial charge in [-0.1, -0.05) is 65.8 Å². The van der Waals surface area contributed by atoms with Crippen LogP contribution in [-0.4, -0.2) is 52.1 Å². The van der Waals surface area contributed by atoms with Crippen molar-refractivity contribution in [2.45, 2.75) is 33.7 Å². The molecular formula is C35H36N4O4. The molecule has 3 aromatic carbocycles. The summed E-state index contributed by atoms with van der Waals surface area (Å²) in [6.07, 6.45) is 0.676. The Labute approximate surface area is 251 Å².